The molecule has 0 aliphatic rings. The molecule has 0 aromatic carbocycles. The SMILES string of the molecule is CCNC/C=C/CNC. The molecule has 0 aliphatic carbocycles. The van der Waals surface area contributed by atoms with Crippen LogP contribution in [0.15, 0.2) is 12.2 Å². The maximum Gasteiger partial charge on any atom is 0.0135 e. The first-order valence-corrected chi connectivity index (χ1v) is 3.42. The number of rotatable bonds is 5. The van der Waals surface area contributed by atoms with Gasteiger partial charge in [0.15, 0.2) is 0 Å². The highest BCUT2D eigenvalue weighted by Crippen LogP contribution is 1.66. The van der Waals surface area contributed by atoms with Crippen LogP contribution >= 0.6 is 0 Å². The van der Waals surface area contributed by atoms with Gasteiger partial charge in [-0.25, -0.2) is 0 Å². The third-order valence-electron chi connectivity index (χ3n) is 1.00. The fraction of sp³-hybridized carbons (Fsp3) is 0.714. The van der Waals surface area contributed by atoms with Gasteiger partial charge in [0.2, 0.25) is 0 Å². The van der Waals surface area contributed by atoms with Crippen LogP contribution in [0.1, 0.15) is 6.92 Å². The summed E-state index contributed by atoms with van der Waals surface area (Å²) in [5.41, 5.74) is 0. The summed E-state index contributed by atoms with van der Waals surface area (Å²) in [7, 11) is 1.94. The van der Waals surface area contributed by atoms with Gasteiger partial charge in [-0.2, -0.15) is 0 Å². The van der Waals surface area contributed by atoms with Gasteiger partial charge in [-0.05, 0) is 13.6 Å². The molecule has 2 heteroatoms. The second-order valence-corrected chi connectivity index (χ2v) is 1.84. The van der Waals surface area contributed by atoms with Crippen LogP contribution in [-0.2, 0) is 0 Å². The molecule has 0 aromatic rings. The van der Waals surface area contributed by atoms with Gasteiger partial charge in [-0.1, -0.05) is 19.1 Å². The Labute approximate surface area is 57.3 Å². The molecule has 0 radical (unpaired) electrons. The minimum Gasteiger partial charge on any atom is -0.316 e. The van der Waals surface area contributed by atoms with E-state index in [-0.39, 0.29) is 0 Å². The molecular formula is C7H16N2. The fourth-order valence-electron chi connectivity index (χ4n) is 0.512. The van der Waals surface area contributed by atoms with Crippen molar-refractivity contribution in [1.82, 2.24) is 10.6 Å². The van der Waals surface area contributed by atoms with Crippen LogP contribution in [0.25, 0.3) is 0 Å². The summed E-state index contributed by atoms with van der Waals surface area (Å²) in [5, 5.41) is 6.22. The predicted molar refractivity (Wildman–Crippen MR) is 41.6 cm³/mol. The Morgan fingerprint density at radius 1 is 1.22 bits per heavy atom. The molecule has 0 aromatic heterocycles. The lowest BCUT2D eigenvalue weighted by atomic mass is 10.5. The molecule has 2 nitrogen and oxygen atoms in total. The smallest absolute Gasteiger partial charge is 0.0135 e. The van der Waals surface area contributed by atoms with Crippen molar-refractivity contribution in [2.75, 3.05) is 26.7 Å². The van der Waals surface area contributed by atoms with Crippen LogP contribution in [0, 0.1) is 0 Å². The van der Waals surface area contributed by atoms with Crippen molar-refractivity contribution in [3.63, 3.8) is 0 Å². The zero-order valence-electron chi connectivity index (χ0n) is 6.28. The van der Waals surface area contributed by atoms with Crippen LogP contribution in [0.3, 0.4) is 0 Å². The summed E-state index contributed by atoms with van der Waals surface area (Å²) in [6.45, 7) is 5.10. The number of nitrogens with one attached hydrogen (secondary N) is 2. The summed E-state index contributed by atoms with van der Waals surface area (Å²) in [6, 6.07) is 0. The Balaban J connectivity index is 2.86. The Morgan fingerprint density at radius 2 is 1.89 bits per heavy atom. The monoisotopic (exact) mass is 128 g/mol. The van der Waals surface area contributed by atoms with Crippen molar-refractivity contribution in [3.8, 4) is 0 Å². The molecule has 0 saturated carbocycles. The summed E-state index contributed by atoms with van der Waals surface area (Å²) in [6.07, 6.45) is 4.24. The van der Waals surface area contributed by atoms with Crippen LogP contribution in [0.4, 0.5) is 0 Å². The van der Waals surface area contributed by atoms with Crippen molar-refractivity contribution in [1.29, 1.82) is 0 Å². The molecule has 0 bridgehead atoms. The van der Waals surface area contributed by atoms with Gasteiger partial charge in [0.1, 0.15) is 0 Å². The second kappa shape index (κ2) is 7.66. The van der Waals surface area contributed by atoms with E-state index < -0.39 is 0 Å². The third-order valence-corrected chi connectivity index (χ3v) is 1.00. The first kappa shape index (κ1) is 8.66. The van der Waals surface area contributed by atoms with Crippen LogP contribution < -0.4 is 10.6 Å². The number of hydrogen-bond acceptors (Lipinski definition) is 2. The van der Waals surface area contributed by atoms with Crippen LogP contribution in [0.2, 0.25) is 0 Å². The van der Waals surface area contributed by atoms with Crippen molar-refractivity contribution in [2.45, 2.75) is 6.92 Å². The molecule has 2 N–H and O–H groups in total. The van der Waals surface area contributed by atoms with E-state index in [0.717, 1.165) is 19.6 Å². The average Bonchev–Trinajstić information content (AvgIpc) is 1.89. The zero-order valence-corrected chi connectivity index (χ0v) is 6.28. The summed E-state index contributed by atoms with van der Waals surface area (Å²) < 4.78 is 0. The quantitative estimate of drug-likeness (QED) is 0.413. The van der Waals surface area contributed by atoms with Gasteiger partial charge >= 0.3 is 0 Å². The van der Waals surface area contributed by atoms with E-state index in [1.165, 1.54) is 0 Å². The lowest BCUT2D eigenvalue weighted by Gasteiger charge is -1.92. The minimum absolute atomic E-state index is 0.964. The number of likely N-dealkylation sites (N-methyl/N-ethyl adjacent to an activating group) is 2. The molecule has 9 heavy (non-hydrogen) atoms. The highest BCUT2D eigenvalue weighted by Gasteiger charge is 1.72. The molecular weight excluding hydrogens is 112 g/mol. The third kappa shape index (κ3) is 7.66. The molecule has 0 saturated heterocycles. The maximum absolute atomic E-state index is 3.19. The van der Waals surface area contributed by atoms with Gasteiger partial charge < -0.3 is 10.6 Å². The van der Waals surface area contributed by atoms with Crippen LogP contribution in [0.5, 0.6) is 0 Å². The topological polar surface area (TPSA) is 24.1 Å². The highest BCUT2D eigenvalue weighted by molar-refractivity contribution is 4.84. The lowest BCUT2D eigenvalue weighted by Crippen LogP contribution is -2.12. The Hall–Kier alpha value is -0.340. The molecule has 54 valence electrons. The summed E-state index contributed by atoms with van der Waals surface area (Å²) >= 11 is 0. The van der Waals surface area contributed by atoms with Gasteiger partial charge in [-0.15, -0.1) is 0 Å². The Kier molecular flexibility index (Phi) is 7.37. The van der Waals surface area contributed by atoms with E-state index >= 15 is 0 Å². The first-order valence-electron chi connectivity index (χ1n) is 3.42. The standard InChI is InChI=1S/C7H16N2/c1-3-9-7-5-4-6-8-2/h4-5,8-9H,3,6-7H2,1-2H3/b5-4+. The van der Waals surface area contributed by atoms with Crippen molar-refractivity contribution < 1.29 is 0 Å². The fourth-order valence-corrected chi connectivity index (χ4v) is 0.512. The van der Waals surface area contributed by atoms with E-state index in [9.17, 15) is 0 Å². The Morgan fingerprint density at radius 3 is 2.44 bits per heavy atom. The molecule has 0 rings (SSSR count). The van der Waals surface area contributed by atoms with E-state index in [1.807, 2.05) is 7.05 Å². The molecule has 0 spiro atoms. The second-order valence-electron chi connectivity index (χ2n) is 1.84. The van der Waals surface area contributed by atoms with E-state index in [1.54, 1.807) is 0 Å². The highest BCUT2D eigenvalue weighted by atomic mass is 14.8. The van der Waals surface area contributed by atoms with E-state index in [4.69, 9.17) is 0 Å². The van der Waals surface area contributed by atoms with Gasteiger partial charge in [0.05, 0.1) is 0 Å². The van der Waals surface area contributed by atoms with Gasteiger partial charge in [-0.3, -0.25) is 0 Å². The normalized spacial score (nSPS) is 10.9. The lowest BCUT2D eigenvalue weighted by molar-refractivity contribution is 0.795. The molecule has 0 amide bonds. The average molecular weight is 128 g/mol. The molecule has 0 atom stereocenters. The van der Waals surface area contributed by atoms with Crippen molar-refractivity contribution in [3.05, 3.63) is 12.2 Å². The van der Waals surface area contributed by atoms with Gasteiger partial charge in [0, 0.05) is 13.1 Å². The van der Waals surface area contributed by atoms with E-state index in [0.29, 0.717) is 0 Å². The maximum atomic E-state index is 3.19. The molecule has 0 unspecified atom stereocenters. The van der Waals surface area contributed by atoms with Crippen molar-refractivity contribution >= 4 is 0 Å². The van der Waals surface area contributed by atoms with Crippen molar-refractivity contribution in [2.24, 2.45) is 0 Å². The van der Waals surface area contributed by atoms with Gasteiger partial charge in [0.25, 0.3) is 0 Å². The van der Waals surface area contributed by atoms with Crippen LogP contribution in [-0.4, -0.2) is 26.7 Å². The number of hydrogen-bond donors (Lipinski definition) is 2. The zero-order chi connectivity index (χ0) is 6.95. The Bertz CT molecular complexity index is 69.3. The molecule has 0 heterocycles. The molecule has 0 aliphatic heterocycles. The predicted octanol–water partition coefficient (Wildman–Crippen LogP) is 0.371. The molecule has 0 fully saturated rings. The summed E-state index contributed by atoms with van der Waals surface area (Å²) in [5.74, 6) is 0. The minimum atomic E-state index is 0.964. The summed E-state index contributed by atoms with van der Waals surface area (Å²) in [4.78, 5) is 0. The van der Waals surface area contributed by atoms with E-state index in [2.05, 4.69) is 29.7 Å². The first-order chi connectivity index (χ1) is 4.41. The largest absolute Gasteiger partial charge is 0.316 e.